The van der Waals surface area contributed by atoms with E-state index in [1.54, 1.807) is 6.20 Å². The van der Waals surface area contributed by atoms with Crippen LogP contribution >= 0.6 is 0 Å². The van der Waals surface area contributed by atoms with Gasteiger partial charge >= 0.3 is 0 Å². The van der Waals surface area contributed by atoms with Crippen LogP contribution in [0.3, 0.4) is 0 Å². The van der Waals surface area contributed by atoms with Crippen molar-refractivity contribution < 1.29 is 4.79 Å². The Morgan fingerprint density at radius 3 is 2.66 bits per heavy atom. The van der Waals surface area contributed by atoms with Crippen molar-refractivity contribution in [2.75, 3.05) is 31.7 Å². The van der Waals surface area contributed by atoms with Gasteiger partial charge in [0.15, 0.2) is 0 Å². The lowest BCUT2D eigenvalue weighted by atomic mass is 9.84. The quantitative estimate of drug-likeness (QED) is 0.792. The number of hydrogen-bond donors (Lipinski definition) is 1. The Morgan fingerprint density at radius 1 is 1.21 bits per heavy atom. The lowest BCUT2D eigenvalue weighted by Gasteiger charge is -2.45. The van der Waals surface area contributed by atoms with Gasteiger partial charge in [-0.3, -0.25) is 9.69 Å². The molecule has 152 valence electrons. The van der Waals surface area contributed by atoms with Crippen LogP contribution < -0.4 is 4.90 Å². The molecule has 0 saturated heterocycles. The summed E-state index contributed by atoms with van der Waals surface area (Å²) in [5, 5.41) is 9.96. The zero-order valence-electron chi connectivity index (χ0n) is 17.0. The minimum Gasteiger partial charge on any atom is -0.349 e. The summed E-state index contributed by atoms with van der Waals surface area (Å²) >= 11 is 0. The van der Waals surface area contributed by atoms with Gasteiger partial charge in [-0.15, -0.1) is 0 Å². The maximum absolute atomic E-state index is 13.1. The van der Waals surface area contributed by atoms with Crippen LogP contribution in [0.25, 0.3) is 11.0 Å². The minimum absolute atomic E-state index is 0.140. The van der Waals surface area contributed by atoms with E-state index in [9.17, 15) is 4.79 Å². The predicted octanol–water partition coefficient (Wildman–Crippen LogP) is 2.96. The van der Waals surface area contributed by atoms with E-state index in [-0.39, 0.29) is 5.91 Å². The zero-order valence-corrected chi connectivity index (χ0v) is 17.0. The van der Waals surface area contributed by atoms with Crippen LogP contribution in [0.1, 0.15) is 48.9 Å². The Hall–Kier alpha value is -2.59. The Morgan fingerprint density at radius 2 is 1.93 bits per heavy atom. The normalized spacial score (nSPS) is 24.8. The molecule has 29 heavy (non-hydrogen) atoms. The summed E-state index contributed by atoms with van der Waals surface area (Å²) in [7, 11) is 2.03. The minimum atomic E-state index is 0.140. The van der Waals surface area contributed by atoms with Crippen LogP contribution in [0.5, 0.6) is 0 Å². The van der Waals surface area contributed by atoms with Crippen molar-refractivity contribution in [3.63, 3.8) is 0 Å². The molecule has 3 aliphatic rings. The van der Waals surface area contributed by atoms with Gasteiger partial charge in [-0.05, 0) is 57.6 Å². The second-order valence-electron chi connectivity index (χ2n) is 8.91. The van der Waals surface area contributed by atoms with Crippen LogP contribution in [0.2, 0.25) is 0 Å². The number of carbonyl (C=O) groups excluding carboxylic acids is 1. The standard InChI is InChI=1S/C22H28N6O/c1-26(11-9-23)13-15-2-4-16(5-3-15)27-14-28(17-6-7-17)22(29)19-12-25-21-18(20(19)27)8-10-24-21/h8,10,12,15-17H,2-7,11,13-14H2,1H3,(H,24,25). The van der Waals surface area contributed by atoms with Crippen molar-refractivity contribution in [1.29, 1.82) is 5.26 Å². The van der Waals surface area contributed by atoms with E-state index in [4.69, 9.17) is 5.26 Å². The highest BCUT2D eigenvalue weighted by Gasteiger charge is 2.42. The number of rotatable bonds is 5. The van der Waals surface area contributed by atoms with Gasteiger partial charge in [-0.1, -0.05) is 0 Å². The second kappa shape index (κ2) is 7.34. The Kier molecular flexibility index (Phi) is 4.67. The number of nitriles is 1. The monoisotopic (exact) mass is 392 g/mol. The van der Waals surface area contributed by atoms with Crippen molar-refractivity contribution in [2.24, 2.45) is 5.92 Å². The highest BCUT2D eigenvalue weighted by Crippen LogP contribution is 2.41. The number of nitrogens with zero attached hydrogens (tertiary/aromatic N) is 5. The Labute approximate surface area is 171 Å². The summed E-state index contributed by atoms with van der Waals surface area (Å²) in [4.78, 5) is 27.5. The van der Waals surface area contributed by atoms with Gasteiger partial charge in [0.25, 0.3) is 5.91 Å². The highest BCUT2D eigenvalue weighted by molar-refractivity contribution is 6.08. The third-order valence-corrected chi connectivity index (χ3v) is 6.80. The molecule has 0 unspecified atom stereocenters. The molecule has 1 aliphatic heterocycles. The molecule has 0 bridgehead atoms. The lowest BCUT2D eigenvalue weighted by molar-refractivity contribution is 0.0717. The van der Waals surface area contributed by atoms with Crippen molar-refractivity contribution in [2.45, 2.75) is 50.6 Å². The Balaban J connectivity index is 1.40. The van der Waals surface area contributed by atoms with Crippen LogP contribution in [-0.2, 0) is 0 Å². The molecule has 5 rings (SSSR count). The Bertz CT molecular complexity index is 950. The molecule has 2 aromatic rings. The van der Waals surface area contributed by atoms with E-state index in [1.165, 1.54) is 12.8 Å². The highest BCUT2D eigenvalue weighted by atomic mass is 16.2. The second-order valence-corrected chi connectivity index (χ2v) is 8.91. The van der Waals surface area contributed by atoms with Gasteiger partial charge in [0.1, 0.15) is 5.65 Å². The van der Waals surface area contributed by atoms with Crippen molar-refractivity contribution >= 4 is 22.6 Å². The number of hydrogen-bond acceptors (Lipinski definition) is 5. The molecule has 0 radical (unpaired) electrons. The number of H-pyrrole nitrogens is 1. The number of fused-ring (bicyclic) bond motifs is 3. The fourth-order valence-electron chi connectivity index (χ4n) is 5.14. The molecular weight excluding hydrogens is 364 g/mol. The first kappa shape index (κ1) is 18.4. The SMILES string of the molecule is CN(CC#N)CC1CCC(N2CN(C3CC3)C(=O)c3cnc4[nH]ccc4c32)CC1. The van der Waals surface area contributed by atoms with Gasteiger partial charge in [0, 0.05) is 36.4 Å². The van der Waals surface area contributed by atoms with E-state index in [2.05, 4.69) is 36.8 Å². The number of nitrogens with one attached hydrogen (secondary N) is 1. The van der Waals surface area contributed by atoms with E-state index in [0.29, 0.717) is 31.2 Å². The molecule has 2 saturated carbocycles. The smallest absolute Gasteiger partial charge is 0.259 e. The fourth-order valence-corrected chi connectivity index (χ4v) is 5.14. The fraction of sp³-hybridized carbons (Fsp3) is 0.591. The summed E-state index contributed by atoms with van der Waals surface area (Å²) in [5.74, 6) is 0.793. The summed E-state index contributed by atoms with van der Waals surface area (Å²) < 4.78 is 0. The van der Waals surface area contributed by atoms with Crippen molar-refractivity contribution in [3.05, 3.63) is 24.0 Å². The van der Waals surface area contributed by atoms with Gasteiger partial charge in [0.2, 0.25) is 0 Å². The molecule has 0 spiro atoms. The molecule has 7 heteroatoms. The van der Waals surface area contributed by atoms with Crippen molar-refractivity contribution in [1.82, 2.24) is 19.8 Å². The summed E-state index contributed by atoms with van der Waals surface area (Å²) in [6.07, 6.45) is 10.5. The molecule has 2 aliphatic carbocycles. The number of amides is 1. The topological polar surface area (TPSA) is 79.3 Å². The van der Waals surface area contributed by atoms with Crippen LogP contribution in [0.4, 0.5) is 5.69 Å². The number of aromatic nitrogens is 2. The average Bonchev–Trinajstić information content (AvgIpc) is 3.45. The summed E-state index contributed by atoms with van der Waals surface area (Å²) in [6, 6.07) is 5.14. The maximum Gasteiger partial charge on any atom is 0.259 e. The molecule has 3 heterocycles. The maximum atomic E-state index is 13.1. The van der Waals surface area contributed by atoms with Gasteiger partial charge in [-0.2, -0.15) is 5.26 Å². The van der Waals surface area contributed by atoms with E-state index in [0.717, 1.165) is 54.5 Å². The van der Waals surface area contributed by atoms with Crippen molar-refractivity contribution in [3.8, 4) is 6.07 Å². The van der Waals surface area contributed by atoms with Crippen LogP contribution in [-0.4, -0.2) is 64.6 Å². The van der Waals surface area contributed by atoms with Crippen LogP contribution in [0.15, 0.2) is 18.5 Å². The molecule has 1 N–H and O–H groups in total. The van der Waals surface area contributed by atoms with Gasteiger partial charge in [-0.25, -0.2) is 4.98 Å². The number of pyridine rings is 1. The molecule has 0 atom stereocenters. The molecule has 1 amide bonds. The van der Waals surface area contributed by atoms with E-state index < -0.39 is 0 Å². The molecular formula is C22H28N6O. The van der Waals surface area contributed by atoms with E-state index >= 15 is 0 Å². The van der Waals surface area contributed by atoms with Gasteiger partial charge < -0.3 is 14.8 Å². The number of aromatic amines is 1. The van der Waals surface area contributed by atoms with Crippen LogP contribution in [0, 0.1) is 17.2 Å². The first-order valence-electron chi connectivity index (χ1n) is 10.7. The number of anilines is 1. The predicted molar refractivity (Wildman–Crippen MR) is 111 cm³/mol. The average molecular weight is 393 g/mol. The molecule has 2 aromatic heterocycles. The first-order valence-corrected chi connectivity index (χ1v) is 10.7. The van der Waals surface area contributed by atoms with Gasteiger partial charge in [0.05, 0.1) is 30.5 Å². The molecule has 0 aromatic carbocycles. The summed E-state index contributed by atoms with van der Waals surface area (Å²) in [6.45, 7) is 2.19. The first-order chi connectivity index (χ1) is 14.2. The molecule has 2 fully saturated rings. The third kappa shape index (κ3) is 3.36. The zero-order chi connectivity index (χ0) is 20.0. The lowest BCUT2D eigenvalue weighted by Crippen LogP contribution is -2.52. The van der Waals surface area contributed by atoms with E-state index in [1.807, 2.05) is 13.2 Å². The third-order valence-electron chi connectivity index (χ3n) is 6.80. The summed E-state index contributed by atoms with van der Waals surface area (Å²) in [5.41, 5.74) is 2.68. The molecule has 7 nitrogen and oxygen atoms in total. The number of carbonyl (C=O) groups is 1. The largest absolute Gasteiger partial charge is 0.349 e.